The summed E-state index contributed by atoms with van der Waals surface area (Å²) >= 11 is 0. The van der Waals surface area contributed by atoms with Crippen molar-refractivity contribution in [2.24, 2.45) is 7.05 Å². The van der Waals surface area contributed by atoms with Gasteiger partial charge in [0, 0.05) is 44.5 Å². The predicted octanol–water partition coefficient (Wildman–Crippen LogP) is 0.726. The van der Waals surface area contributed by atoms with E-state index in [4.69, 9.17) is 0 Å². The summed E-state index contributed by atoms with van der Waals surface area (Å²) in [4.78, 5) is 34.5. The fraction of sp³-hybridized carbons (Fsp3) is 0.562. The molecule has 2 aromatic rings. The molecule has 4 rings (SSSR count). The van der Waals surface area contributed by atoms with E-state index in [-0.39, 0.29) is 17.5 Å². The van der Waals surface area contributed by atoms with Crippen molar-refractivity contribution in [1.82, 2.24) is 29.2 Å². The molecular formula is C16H20N6O2. The Kier molecular flexibility index (Phi) is 3.66. The summed E-state index contributed by atoms with van der Waals surface area (Å²) in [5, 5.41) is 4.46. The minimum absolute atomic E-state index is 0.0226. The van der Waals surface area contributed by atoms with E-state index in [1.54, 1.807) is 13.2 Å². The fourth-order valence-electron chi connectivity index (χ4n) is 3.37. The standard InChI is InChI=1S/C16H20N6O2/c1-20-16(24)22(12-2-3-12)14(19-20)11-4-8-21(9-5-11)15(23)13-10-17-6-7-18-13/h6-7,10-12H,2-5,8-9H2,1H3. The molecule has 0 N–H and O–H groups in total. The number of aromatic nitrogens is 5. The van der Waals surface area contributed by atoms with Crippen LogP contribution in [0.2, 0.25) is 0 Å². The van der Waals surface area contributed by atoms with Gasteiger partial charge >= 0.3 is 5.69 Å². The lowest BCUT2D eigenvalue weighted by molar-refractivity contribution is 0.0703. The number of carbonyl (C=O) groups excluding carboxylic acids is 1. The molecule has 2 fully saturated rings. The Morgan fingerprint density at radius 1 is 1.17 bits per heavy atom. The van der Waals surface area contributed by atoms with E-state index in [1.807, 2.05) is 9.47 Å². The number of piperidine rings is 1. The van der Waals surface area contributed by atoms with Crippen LogP contribution in [0.3, 0.4) is 0 Å². The van der Waals surface area contributed by atoms with E-state index in [1.165, 1.54) is 17.1 Å². The quantitative estimate of drug-likeness (QED) is 0.829. The molecule has 0 atom stereocenters. The maximum atomic E-state index is 12.4. The van der Waals surface area contributed by atoms with Gasteiger partial charge in [0.05, 0.1) is 6.20 Å². The number of likely N-dealkylation sites (tertiary alicyclic amines) is 1. The predicted molar refractivity (Wildman–Crippen MR) is 85.6 cm³/mol. The van der Waals surface area contributed by atoms with Crippen molar-refractivity contribution < 1.29 is 4.79 Å². The Bertz CT molecular complexity index is 800. The molecule has 3 heterocycles. The highest BCUT2D eigenvalue weighted by molar-refractivity contribution is 5.92. The second-order valence-electron chi connectivity index (χ2n) is 6.52. The van der Waals surface area contributed by atoms with Gasteiger partial charge in [-0.2, -0.15) is 5.10 Å². The van der Waals surface area contributed by atoms with E-state index >= 15 is 0 Å². The number of carbonyl (C=O) groups is 1. The van der Waals surface area contributed by atoms with E-state index < -0.39 is 0 Å². The summed E-state index contributed by atoms with van der Waals surface area (Å²) in [6.45, 7) is 1.30. The van der Waals surface area contributed by atoms with Crippen LogP contribution in [0.4, 0.5) is 0 Å². The Morgan fingerprint density at radius 2 is 1.92 bits per heavy atom. The first kappa shape index (κ1) is 15.0. The Hall–Kier alpha value is -2.51. The van der Waals surface area contributed by atoms with Gasteiger partial charge in [-0.3, -0.25) is 14.3 Å². The molecule has 2 aromatic heterocycles. The fourth-order valence-corrected chi connectivity index (χ4v) is 3.37. The van der Waals surface area contributed by atoms with Crippen LogP contribution >= 0.6 is 0 Å². The molecule has 0 radical (unpaired) electrons. The van der Waals surface area contributed by atoms with Crippen LogP contribution in [0.15, 0.2) is 23.4 Å². The molecule has 2 aliphatic rings. The van der Waals surface area contributed by atoms with Crippen LogP contribution in [0, 0.1) is 0 Å². The lowest BCUT2D eigenvalue weighted by Gasteiger charge is -2.31. The van der Waals surface area contributed by atoms with Crippen molar-refractivity contribution in [2.45, 2.75) is 37.6 Å². The number of rotatable bonds is 3. The van der Waals surface area contributed by atoms with Gasteiger partial charge in [0.15, 0.2) is 0 Å². The molecule has 0 aromatic carbocycles. The highest BCUT2D eigenvalue weighted by atomic mass is 16.2. The highest BCUT2D eigenvalue weighted by Crippen LogP contribution is 2.37. The van der Waals surface area contributed by atoms with Gasteiger partial charge in [-0.1, -0.05) is 0 Å². The smallest absolute Gasteiger partial charge is 0.337 e. The summed E-state index contributed by atoms with van der Waals surface area (Å²) in [5.74, 6) is 1.03. The van der Waals surface area contributed by atoms with Crippen molar-refractivity contribution in [2.75, 3.05) is 13.1 Å². The number of hydrogen-bond acceptors (Lipinski definition) is 5. The average Bonchev–Trinajstić information content (AvgIpc) is 3.41. The molecule has 126 valence electrons. The molecule has 0 bridgehead atoms. The SMILES string of the molecule is Cn1nc(C2CCN(C(=O)c3cnccn3)CC2)n(C2CC2)c1=O. The number of hydrogen-bond donors (Lipinski definition) is 0. The average molecular weight is 328 g/mol. The molecule has 0 unspecified atom stereocenters. The van der Waals surface area contributed by atoms with Gasteiger partial charge in [-0.25, -0.2) is 14.5 Å². The van der Waals surface area contributed by atoms with Crippen LogP contribution < -0.4 is 5.69 Å². The first-order valence-electron chi connectivity index (χ1n) is 8.36. The monoisotopic (exact) mass is 328 g/mol. The molecule has 8 heteroatoms. The summed E-state index contributed by atoms with van der Waals surface area (Å²) in [5.41, 5.74) is 0.356. The molecule has 0 spiro atoms. The molecule has 1 saturated heterocycles. The van der Waals surface area contributed by atoms with Crippen LogP contribution in [-0.4, -0.2) is 48.2 Å². The van der Waals surface area contributed by atoms with Crippen LogP contribution in [0.25, 0.3) is 0 Å². The van der Waals surface area contributed by atoms with Gasteiger partial charge in [-0.05, 0) is 25.7 Å². The van der Waals surface area contributed by atoms with E-state index in [0.717, 1.165) is 31.5 Å². The van der Waals surface area contributed by atoms with Gasteiger partial charge in [0.2, 0.25) is 0 Å². The van der Waals surface area contributed by atoms with E-state index in [0.29, 0.717) is 24.8 Å². The Labute approximate surface area is 139 Å². The highest BCUT2D eigenvalue weighted by Gasteiger charge is 2.34. The maximum Gasteiger partial charge on any atom is 0.345 e. The molecule has 1 aliphatic heterocycles. The zero-order chi connectivity index (χ0) is 16.7. The van der Waals surface area contributed by atoms with Gasteiger partial charge < -0.3 is 4.90 Å². The summed E-state index contributed by atoms with van der Waals surface area (Å²) in [7, 11) is 1.71. The minimum atomic E-state index is -0.0813. The third-order valence-electron chi connectivity index (χ3n) is 4.82. The van der Waals surface area contributed by atoms with Crippen molar-refractivity contribution in [3.63, 3.8) is 0 Å². The van der Waals surface area contributed by atoms with Crippen LogP contribution in [-0.2, 0) is 7.05 Å². The second kappa shape index (κ2) is 5.85. The van der Waals surface area contributed by atoms with E-state index in [2.05, 4.69) is 15.1 Å². The first-order valence-corrected chi connectivity index (χ1v) is 8.36. The number of amides is 1. The minimum Gasteiger partial charge on any atom is -0.337 e. The van der Waals surface area contributed by atoms with Crippen molar-refractivity contribution in [1.29, 1.82) is 0 Å². The molecule has 8 nitrogen and oxygen atoms in total. The zero-order valence-corrected chi connectivity index (χ0v) is 13.6. The van der Waals surface area contributed by atoms with Gasteiger partial charge in [0.1, 0.15) is 11.5 Å². The molecule has 1 aliphatic carbocycles. The van der Waals surface area contributed by atoms with Gasteiger partial charge in [-0.15, -0.1) is 0 Å². The molecule has 1 saturated carbocycles. The van der Waals surface area contributed by atoms with Crippen LogP contribution in [0.1, 0.15) is 54.0 Å². The lowest BCUT2D eigenvalue weighted by atomic mass is 9.95. The summed E-state index contributed by atoms with van der Waals surface area (Å²) in [6.07, 6.45) is 8.33. The molecule has 1 amide bonds. The third-order valence-corrected chi connectivity index (χ3v) is 4.82. The summed E-state index contributed by atoms with van der Waals surface area (Å²) in [6, 6.07) is 0.320. The van der Waals surface area contributed by atoms with Gasteiger partial charge in [0.25, 0.3) is 5.91 Å². The van der Waals surface area contributed by atoms with Crippen molar-refractivity contribution in [3.8, 4) is 0 Å². The Morgan fingerprint density at radius 3 is 2.54 bits per heavy atom. The van der Waals surface area contributed by atoms with Crippen LogP contribution in [0.5, 0.6) is 0 Å². The topological polar surface area (TPSA) is 85.9 Å². The zero-order valence-electron chi connectivity index (χ0n) is 13.6. The van der Waals surface area contributed by atoms with E-state index in [9.17, 15) is 9.59 Å². The lowest BCUT2D eigenvalue weighted by Crippen LogP contribution is -2.39. The number of nitrogens with zero attached hydrogens (tertiary/aromatic N) is 6. The summed E-state index contributed by atoms with van der Waals surface area (Å²) < 4.78 is 3.30. The molecule has 24 heavy (non-hydrogen) atoms. The third kappa shape index (κ3) is 2.61. The maximum absolute atomic E-state index is 12.4. The first-order chi connectivity index (χ1) is 11.6. The normalized spacial score (nSPS) is 18.8. The van der Waals surface area contributed by atoms with Crippen molar-refractivity contribution in [3.05, 3.63) is 40.6 Å². The Balaban J connectivity index is 1.48. The van der Waals surface area contributed by atoms with Crippen molar-refractivity contribution >= 4 is 5.91 Å². The largest absolute Gasteiger partial charge is 0.345 e. The second-order valence-corrected chi connectivity index (χ2v) is 6.52. The molecular weight excluding hydrogens is 308 g/mol. The number of aryl methyl sites for hydroxylation is 1.